The number of carbonyl (C=O) groups excluding carboxylic acids is 3. The molecule has 0 bridgehead atoms. The Bertz CT molecular complexity index is 1160. The third-order valence-corrected chi connectivity index (χ3v) is 6.20. The first-order chi connectivity index (χ1) is 15.9. The number of imide groups is 1. The summed E-state index contributed by atoms with van der Waals surface area (Å²) < 4.78 is 0. The van der Waals surface area contributed by atoms with Crippen molar-refractivity contribution >= 4 is 35.0 Å². The van der Waals surface area contributed by atoms with Crippen LogP contribution in [0.5, 0.6) is 0 Å². The maximum atomic E-state index is 12.8. The Balaban J connectivity index is 1.41. The van der Waals surface area contributed by atoms with Gasteiger partial charge < -0.3 is 10.2 Å². The van der Waals surface area contributed by atoms with Crippen molar-refractivity contribution in [1.29, 1.82) is 5.26 Å². The first-order valence-corrected chi connectivity index (χ1v) is 10.9. The number of rotatable bonds is 7. The lowest BCUT2D eigenvalue weighted by molar-refractivity contribution is -0.136. The van der Waals surface area contributed by atoms with Gasteiger partial charge in [0.1, 0.15) is 6.04 Å². The maximum Gasteiger partial charge on any atom is 0.255 e. The molecule has 9 nitrogen and oxygen atoms in total. The number of hydrogen-bond acceptors (Lipinski definition) is 7. The minimum Gasteiger partial charge on any atom is -0.353 e. The normalized spacial score (nSPS) is 18.4. The number of carbonyl (C=O) groups is 3. The summed E-state index contributed by atoms with van der Waals surface area (Å²) in [5, 5.41) is 21.1. The van der Waals surface area contributed by atoms with Crippen molar-refractivity contribution in [3.8, 4) is 6.19 Å². The summed E-state index contributed by atoms with van der Waals surface area (Å²) in [6.45, 7) is 2.65. The minimum absolute atomic E-state index is 0.207. The summed E-state index contributed by atoms with van der Waals surface area (Å²) in [4.78, 5) is 38.0. The molecule has 2 aromatic carbocycles. The molecule has 2 aliphatic heterocycles. The number of nitrogens with zero attached hydrogens (tertiary/aromatic N) is 2. The van der Waals surface area contributed by atoms with Crippen molar-refractivity contribution in [1.82, 2.24) is 20.9 Å². The molecule has 2 heterocycles. The Morgan fingerprint density at radius 1 is 1.24 bits per heavy atom. The van der Waals surface area contributed by atoms with E-state index in [1.54, 1.807) is 12.1 Å². The molecular weight excluding hydrogens is 444 g/mol. The highest BCUT2D eigenvalue weighted by atomic mass is 35.5. The third kappa shape index (κ3) is 4.92. The standard InChI is InChI=1S/C23H23ClN6O3/c1-13-2-4-16(9-18(13)24)28-23(27-12-25)26-10-14-3-5-17-15(8-14)11-30(22(17)33)19-6-7-20(31)29-21(19)32/h2-5,8-9,19,23,26-28H,6-7,10-11H2,1H3,(H,29,31,32). The maximum absolute atomic E-state index is 12.8. The molecule has 10 heteroatoms. The van der Waals surface area contributed by atoms with Crippen LogP contribution >= 0.6 is 11.6 Å². The fourth-order valence-electron chi connectivity index (χ4n) is 4.01. The minimum atomic E-state index is -0.640. The van der Waals surface area contributed by atoms with E-state index in [0.29, 0.717) is 30.1 Å². The summed E-state index contributed by atoms with van der Waals surface area (Å²) in [6, 6.07) is 10.4. The molecule has 2 unspecified atom stereocenters. The fourth-order valence-corrected chi connectivity index (χ4v) is 4.19. The van der Waals surface area contributed by atoms with Crippen LogP contribution in [0.1, 0.15) is 39.9 Å². The van der Waals surface area contributed by atoms with Gasteiger partial charge in [-0.1, -0.05) is 29.8 Å². The van der Waals surface area contributed by atoms with Crippen LogP contribution in [-0.4, -0.2) is 35.0 Å². The lowest BCUT2D eigenvalue weighted by Crippen LogP contribution is -2.52. The van der Waals surface area contributed by atoms with Crippen LogP contribution < -0.4 is 21.3 Å². The van der Waals surface area contributed by atoms with Crippen LogP contribution in [0.3, 0.4) is 0 Å². The van der Waals surface area contributed by atoms with E-state index < -0.39 is 18.2 Å². The number of benzene rings is 2. The van der Waals surface area contributed by atoms with E-state index in [2.05, 4.69) is 21.3 Å². The van der Waals surface area contributed by atoms with Crippen LogP contribution in [0.4, 0.5) is 5.69 Å². The first kappa shape index (κ1) is 22.6. The number of piperidine rings is 1. The average molecular weight is 467 g/mol. The molecule has 2 aliphatic rings. The van der Waals surface area contributed by atoms with Gasteiger partial charge in [0.05, 0.1) is 0 Å². The molecular formula is C23H23ClN6O3. The summed E-state index contributed by atoms with van der Waals surface area (Å²) >= 11 is 6.18. The molecule has 0 saturated carbocycles. The smallest absolute Gasteiger partial charge is 0.255 e. The highest BCUT2D eigenvalue weighted by molar-refractivity contribution is 6.31. The van der Waals surface area contributed by atoms with Gasteiger partial charge in [-0.2, -0.15) is 5.26 Å². The zero-order valence-corrected chi connectivity index (χ0v) is 18.7. The topological polar surface area (TPSA) is 126 Å². The van der Waals surface area contributed by atoms with Crippen LogP contribution in [0, 0.1) is 18.4 Å². The molecule has 0 aromatic heterocycles. The first-order valence-electron chi connectivity index (χ1n) is 10.5. The van der Waals surface area contributed by atoms with Gasteiger partial charge in [-0.25, -0.2) is 0 Å². The predicted octanol–water partition coefficient (Wildman–Crippen LogP) is 1.97. The summed E-state index contributed by atoms with van der Waals surface area (Å²) in [5.41, 5.74) is 4.01. The van der Waals surface area contributed by atoms with Crippen molar-refractivity contribution in [2.24, 2.45) is 0 Å². The molecule has 1 fully saturated rings. The predicted molar refractivity (Wildman–Crippen MR) is 122 cm³/mol. The molecule has 0 radical (unpaired) electrons. The van der Waals surface area contributed by atoms with Crippen LogP contribution in [0.25, 0.3) is 0 Å². The summed E-state index contributed by atoms with van der Waals surface area (Å²) in [6.07, 6.45) is 1.94. The molecule has 0 aliphatic carbocycles. The zero-order chi connectivity index (χ0) is 23.5. The van der Waals surface area contributed by atoms with Gasteiger partial charge in [0, 0.05) is 35.8 Å². The Kier molecular flexibility index (Phi) is 6.49. The lowest BCUT2D eigenvalue weighted by Gasteiger charge is -2.29. The van der Waals surface area contributed by atoms with Gasteiger partial charge in [0.15, 0.2) is 12.5 Å². The van der Waals surface area contributed by atoms with E-state index in [9.17, 15) is 14.4 Å². The average Bonchev–Trinajstić information content (AvgIpc) is 3.10. The Labute approximate surface area is 196 Å². The summed E-state index contributed by atoms with van der Waals surface area (Å²) in [5.74, 6) is -0.946. The quantitative estimate of drug-likeness (QED) is 0.213. The monoisotopic (exact) mass is 466 g/mol. The Morgan fingerprint density at radius 2 is 2.06 bits per heavy atom. The van der Waals surface area contributed by atoms with Gasteiger partial charge in [-0.05, 0) is 48.2 Å². The van der Waals surface area contributed by atoms with E-state index in [0.717, 1.165) is 22.4 Å². The second kappa shape index (κ2) is 9.48. The number of fused-ring (bicyclic) bond motifs is 1. The molecule has 2 aromatic rings. The number of anilines is 1. The Hall–Kier alpha value is -3.61. The second-order valence-electron chi connectivity index (χ2n) is 8.07. The van der Waals surface area contributed by atoms with Crippen molar-refractivity contribution in [2.75, 3.05) is 5.32 Å². The largest absolute Gasteiger partial charge is 0.353 e. The molecule has 0 spiro atoms. The number of halogens is 1. The van der Waals surface area contributed by atoms with Crippen molar-refractivity contribution in [3.63, 3.8) is 0 Å². The third-order valence-electron chi connectivity index (χ3n) is 5.79. The van der Waals surface area contributed by atoms with Gasteiger partial charge >= 0.3 is 0 Å². The molecule has 4 N–H and O–H groups in total. The molecule has 1 saturated heterocycles. The van der Waals surface area contributed by atoms with Gasteiger partial charge in [0.25, 0.3) is 5.91 Å². The molecule has 3 amide bonds. The van der Waals surface area contributed by atoms with Crippen molar-refractivity contribution in [3.05, 3.63) is 63.7 Å². The highest BCUT2D eigenvalue weighted by Gasteiger charge is 2.39. The number of nitriles is 1. The Morgan fingerprint density at radius 3 is 2.79 bits per heavy atom. The number of amides is 3. The van der Waals surface area contributed by atoms with Crippen molar-refractivity contribution in [2.45, 2.75) is 45.2 Å². The number of aryl methyl sites for hydroxylation is 1. The van der Waals surface area contributed by atoms with E-state index in [1.807, 2.05) is 37.4 Å². The van der Waals surface area contributed by atoms with E-state index in [-0.39, 0.29) is 18.2 Å². The van der Waals surface area contributed by atoms with Gasteiger partial charge in [-0.15, -0.1) is 0 Å². The SMILES string of the molecule is Cc1ccc(NC(NC#N)NCc2ccc3c(c2)CN(C2CCC(=O)NC2=O)C3=O)cc1Cl. The van der Waals surface area contributed by atoms with Crippen molar-refractivity contribution < 1.29 is 14.4 Å². The van der Waals surface area contributed by atoms with E-state index >= 15 is 0 Å². The highest BCUT2D eigenvalue weighted by Crippen LogP contribution is 2.28. The van der Waals surface area contributed by atoms with Gasteiger partial charge in [-0.3, -0.25) is 30.3 Å². The van der Waals surface area contributed by atoms with Crippen LogP contribution in [0.15, 0.2) is 36.4 Å². The molecule has 33 heavy (non-hydrogen) atoms. The zero-order valence-electron chi connectivity index (χ0n) is 17.9. The second-order valence-corrected chi connectivity index (χ2v) is 8.48. The van der Waals surface area contributed by atoms with Crippen LogP contribution in [-0.2, 0) is 22.7 Å². The van der Waals surface area contributed by atoms with E-state index in [1.165, 1.54) is 4.90 Å². The van der Waals surface area contributed by atoms with Crippen LogP contribution in [0.2, 0.25) is 5.02 Å². The fraction of sp³-hybridized carbons (Fsp3) is 0.304. The lowest BCUT2D eigenvalue weighted by atomic mass is 10.0. The summed E-state index contributed by atoms with van der Waals surface area (Å²) in [7, 11) is 0. The van der Waals surface area contributed by atoms with E-state index in [4.69, 9.17) is 16.9 Å². The van der Waals surface area contributed by atoms with Gasteiger partial charge in [0.2, 0.25) is 11.8 Å². The number of nitrogens with one attached hydrogen (secondary N) is 4. The molecule has 2 atom stereocenters. The number of hydrogen-bond donors (Lipinski definition) is 4. The molecule has 170 valence electrons. The molecule has 4 rings (SSSR count).